The third-order valence-electron chi connectivity index (χ3n) is 7.77. The summed E-state index contributed by atoms with van der Waals surface area (Å²) in [6.45, 7) is 2.83. The molecule has 2 saturated heterocycles. The van der Waals surface area contributed by atoms with Crippen LogP contribution in [0.15, 0.2) is 30.6 Å². The minimum absolute atomic E-state index is 0.0541. The van der Waals surface area contributed by atoms with Crippen molar-refractivity contribution in [3.05, 3.63) is 46.7 Å². The van der Waals surface area contributed by atoms with E-state index in [1.54, 1.807) is 0 Å². The Morgan fingerprint density at radius 2 is 1.95 bits per heavy atom. The molecule has 3 aromatic rings. The lowest BCUT2D eigenvalue weighted by molar-refractivity contribution is -0.138. The van der Waals surface area contributed by atoms with E-state index in [9.17, 15) is 22.4 Å². The third-order valence-corrected chi connectivity index (χ3v) is 8.72. The third kappa shape index (κ3) is 7.81. The van der Waals surface area contributed by atoms with E-state index in [4.69, 9.17) is 14.6 Å². The molecule has 0 radical (unpaired) electrons. The van der Waals surface area contributed by atoms with Crippen molar-refractivity contribution in [2.24, 2.45) is 5.92 Å². The Bertz CT molecular complexity index is 1420. The smallest absolute Gasteiger partial charge is 0.419 e. The van der Waals surface area contributed by atoms with Gasteiger partial charge in [0.05, 0.1) is 37.4 Å². The van der Waals surface area contributed by atoms with Gasteiger partial charge in [-0.05, 0) is 56.3 Å². The zero-order valence-corrected chi connectivity index (χ0v) is 25.0. The number of halogens is 4. The number of alkyl halides is 4. The number of piperidine rings is 2. The molecule has 5 rings (SSSR count). The largest absolute Gasteiger partial charge is 0.496 e. The molecule has 15 heteroatoms. The summed E-state index contributed by atoms with van der Waals surface area (Å²) < 4.78 is 65.5. The van der Waals surface area contributed by atoms with Crippen molar-refractivity contribution >= 4 is 28.2 Å². The Morgan fingerprint density at radius 1 is 1.16 bits per heavy atom. The normalized spacial score (nSPS) is 18.4. The first-order valence-corrected chi connectivity index (χ1v) is 15.1. The molecule has 238 valence electrons. The lowest BCUT2D eigenvalue weighted by atomic mass is 9.98. The molecule has 0 saturated carbocycles. The molecule has 0 bridgehead atoms. The van der Waals surface area contributed by atoms with Crippen LogP contribution >= 0.6 is 11.3 Å². The minimum Gasteiger partial charge on any atom is -0.496 e. The van der Waals surface area contributed by atoms with Crippen LogP contribution < -0.4 is 15.0 Å². The van der Waals surface area contributed by atoms with Crippen molar-refractivity contribution in [2.45, 2.75) is 44.6 Å². The number of hydrogen-bond donors (Lipinski definition) is 2. The van der Waals surface area contributed by atoms with Gasteiger partial charge < -0.3 is 19.5 Å². The maximum absolute atomic E-state index is 14.1. The van der Waals surface area contributed by atoms with Crippen molar-refractivity contribution < 1.29 is 36.9 Å². The topological polar surface area (TPSA) is 113 Å². The van der Waals surface area contributed by atoms with Gasteiger partial charge in [0.1, 0.15) is 30.2 Å². The van der Waals surface area contributed by atoms with Crippen molar-refractivity contribution in [2.75, 3.05) is 56.9 Å². The molecule has 2 N–H and O–H groups in total. The van der Waals surface area contributed by atoms with Crippen LogP contribution in [0.5, 0.6) is 5.75 Å². The lowest BCUT2D eigenvalue weighted by Gasteiger charge is -2.32. The Labute approximate surface area is 256 Å². The van der Waals surface area contributed by atoms with Gasteiger partial charge in [-0.1, -0.05) is 11.3 Å². The van der Waals surface area contributed by atoms with E-state index in [2.05, 4.69) is 25.2 Å². The van der Waals surface area contributed by atoms with Gasteiger partial charge in [0.2, 0.25) is 0 Å². The Hall–Kier alpha value is -3.40. The second-order valence-electron chi connectivity index (χ2n) is 10.8. The molecular weight excluding hydrogens is 604 g/mol. The first kappa shape index (κ1) is 32.0. The standard InChI is InChI=1S/C29H34F4N6O4S/c1-42-23-5-4-19(11-21(23)29(31,32)33)26-24(15-38-8-2-3-20(30)14-38)44-28(36-26)37-27(41)22-12-35-25(13-34-22)39-9-6-18(7-10-39)16-43-17-40/h4-5,11-13,18,20,40H,2-3,6-10,14-17H2,1H3,(H,36,37,41). The number of benzene rings is 1. The Kier molecular flexibility index (Phi) is 10.3. The molecule has 4 heterocycles. The highest BCUT2D eigenvalue weighted by molar-refractivity contribution is 7.16. The average Bonchev–Trinajstić information content (AvgIpc) is 3.41. The Balaban J connectivity index is 1.34. The van der Waals surface area contributed by atoms with E-state index in [1.165, 1.54) is 31.6 Å². The summed E-state index contributed by atoms with van der Waals surface area (Å²) in [6, 6.07) is 3.70. The molecule has 1 aromatic carbocycles. The van der Waals surface area contributed by atoms with Crippen molar-refractivity contribution in [1.82, 2.24) is 19.9 Å². The number of ether oxygens (including phenoxy) is 2. The van der Waals surface area contributed by atoms with E-state index in [-0.39, 0.29) is 47.7 Å². The van der Waals surface area contributed by atoms with Crippen LogP contribution in [0.1, 0.15) is 46.6 Å². The second kappa shape index (κ2) is 14.1. The molecule has 1 amide bonds. The zero-order valence-electron chi connectivity index (χ0n) is 24.1. The molecule has 2 fully saturated rings. The van der Waals surface area contributed by atoms with Crippen molar-refractivity contribution in [3.8, 4) is 17.0 Å². The van der Waals surface area contributed by atoms with Gasteiger partial charge >= 0.3 is 6.18 Å². The van der Waals surface area contributed by atoms with E-state index >= 15 is 0 Å². The van der Waals surface area contributed by atoms with Crippen LogP contribution in [-0.2, 0) is 17.5 Å². The van der Waals surface area contributed by atoms with Gasteiger partial charge in [0.25, 0.3) is 5.91 Å². The van der Waals surface area contributed by atoms with Crippen LogP contribution in [0.2, 0.25) is 0 Å². The van der Waals surface area contributed by atoms with Crippen LogP contribution in [0.25, 0.3) is 11.3 Å². The second-order valence-corrected chi connectivity index (χ2v) is 11.9. The number of nitrogens with zero attached hydrogens (tertiary/aromatic N) is 5. The number of carbonyl (C=O) groups excluding carboxylic acids is 1. The number of rotatable bonds is 10. The summed E-state index contributed by atoms with van der Waals surface area (Å²) in [7, 11) is 1.17. The molecule has 2 aromatic heterocycles. The summed E-state index contributed by atoms with van der Waals surface area (Å²) in [6.07, 6.45) is 0.153. The predicted octanol–water partition coefficient (Wildman–Crippen LogP) is 5.00. The summed E-state index contributed by atoms with van der Waals surface area (Å²) in [4.78, 5) is 30.8. The van der Waals surface area contributed by atoms with Crippen LogP contribution in [0.4, 0.5) is 28.5 Å². The van der Waals surface area contributed by atoms with Gasteiger partial charge in [0.15, 0.2) is 5.13 Å². The number of nitrogens with one attached hydrogen (secondary N) is 1. The van der Waals surface area contributed by atoms with E-state index in [0.29, 0.717) is 42.6 Å². The number of thiazole rings is 1. The SMILES string of the molecule is COc1ccc(-c2nc(NC(=O)c3cnc(N4CCC(COCO)CC4)cn3)sc2CN2CCCC(F)C2)cc1C(F)(F)F. The highest BCUT2D eigenvalue weighted by atomic mass is 32.1. The summed E-state index contributed by atoms with van der Waals surface area (Å²) in [5.74, 6) is 0.110. The molecule has 44 heavy (non-hydrogen) atoms. The highest BCUT2D eigenvalue weighted by Gasteiger charge is 2.35. The number of aliphatic hydroxyl groups excluding tert-OH is 1. The number of anilines is 2. The fourth-order valence-electron chi connectivity index (χ4n) is 5.47. The lowest BCUT2D eigenvalue weighted by Crippen LogP contribution is -2.35. The number of carbonyl (C=O) groups is 1. The summed E-state index contributed by atoms with van der Waals surface area (Å²) >= 11 is 1.13. The Morgan fingerprint density at radius 3 is 2.61 bits per heavy atom. The fraction of sp³-hybridized carbons (Fsp3) is 0.517. The number of likely N-dealkylation sites (tertiary alicyclic amines) is 1. The molecular formula is C29H34F4N6O4S. The minimum atomic E-state index is -4.65. The van der Waals surface area contributed by atoms with Gasteiger partial charge in [-0.2, -0.15) is 13.2 Å². The maximum atomic E-state index is 14.1. The maximum Gasteiger partial charge on any atom is 0.419 e. The molecule has 2 aliphatic rings. The van der Waals surface area contributed by atoms with Crippen molar-refractivity contribution in [3.63, 3.8) is 0 Å². The van der Waals surface area contributed by atoms with Gasteiger partial charge in [-0.3, -0.25) is 15.0 Å². The van der Waals surface area contributed by atoms with Gasteiger partial charge in [-0.25, -0.2) is 19.3 Å². The first-order chi connectivity index (χ1) is 21.1. The fourth-order valence-corrected chi connectivity index (χ4v) is 6.49. The molecule has 1 unspecified atom stereocenters. The van der Waals surface area contributed by atoms with E-state index < -0.39 is 23.8 Å². The molecule has 10 nitrogen and oxygen atoms in total. The summed E-state index contributed by atoms with van der Waals surface area (Å²) in [5, 5.41) is 11.7. The monoisotopic (exact) mass is 638 g/mol. The van der Waals surface area contributed by atoms with E-state index in [1.807, 2.05) is 4.90 Å². The van der Waals surface area contributed by atoms with Crippen LogP contribution in [0, 0.1) is 5.92 Å². The quantitative estimate of drug-likeness (QED) is 0.234. The molecule has 0 aliphatic carbocycles. The molecule has 0 spiro atoms. The zero-order chi connectivity index (χ0) is 31.3. The number of amides is 1. The van der Waals surface area contributed by atoms with Gasteiger partial charge in [-0.15, -0.1) is 0 Å². The first-order valence-electron chi connectivity index (χ1n) is 14.3. The number of aliphatic hydroxyl groups is 1. The predicted molar refractivity (Wildman–Crippen MR) is 156 cm³/mol. The number of aromatic nitrogens is 3. The number of hydrogen-bond acceptors (Lipinski definition) is 10. The van der Waals surface area contributed by atoms with Crippen LogP contribution in [-0.4, -0.2) is 83.7 Å². The summed E-state index contributed by atoms with van der Waals surface area (Å²) in [5.41, 5.74) is -0.413. The molecule has 1 atom stereocenters. The van der Waals surface area contributed by atoms with Crippen molar-refractivity contribution in [1.29, 1.82) is 0 Å². The average molecular weight is 639 g/mol. The van der Waals surface area contributed by atoms with Gasteiger partial charge in [0, 0.05) is 36.6 Å². The van der Waals surface area contributed by atoms with E-state index in [0.717, 1.165) is 43.3 Å². The molecule has 2 aliphatic heterocycles. The van der Waals surface area contributed by atoms with Crippen LogP contribution in [0.3, 0.4) is 0 Å². The highest BCUT2D eigenvalue weighted by Crippen LogP contribution is 2.41. The number of methoxy groups -OCH3 is 1.